The van der Waals surface area contributed by atoms with Gasteiger partial charge in [-0.2, -0.15) is 0 Å². The molecule has 0 unspecified atom stereocenters. The molecule has 5 nitrogen and oxygen atoms in total. The molecule has 1 amide bonds. The summed E-state index contributed by atoms with van der Waals surface area (Å²) in [6.45, 7) is 1.69. The van der Waals surface area contributed by atoms with Crippen molar-refractivity contribution in [1.82, 2.24) is 9.47 Å². The number of fused-ring (bicyclic) bond motifs is 1. The van der Waals surface area contributed by atoms with Crippen LogP contribution >= 0.6 is 0 Å². The Kier molecular flexibility index (Phi) is 4.62. The summed E-state index contributed by atoms with van der Waals surface area (Å²) in [4.78, 5) is 14.2. The van der Waals surface area contributed by atoms with Crippen LogP contribution in [0.1, 0.15) is 5.69 Å². The van der Waals surface area contributed by atoms with E-state index in [0.29, 0.717) is 18.8 Å². The molecular weight excluding hydrogens is 299 g/mol. The van der Waals surface area contributed by atoms with Gasteiger partial charge in [-0.05, 0) is 36.4 Å². The minimum atomic E-state index is -0.333. The maximum absolute atomic E-state index is 12.9. The summed E-state index contributed by atoms with van der Waals surface area (Å²) in [6, 6.07) is 9.59. The number of hydrogen-bond acceptors (Lipinski definition) is 3. The van der Waals surface area contributed by atoms with Crippen LogP contribution < -0.4 is 4.74 Å². The van der Waals surface area contributed by atoms with Gasteiger partial charge in [-0.3, -0.25) is 4.79 Å². The van der Waals surface area contributed by atoms with Crippen molar-refractivity contribution in [2.45, 2.75) is 19.2 Å². The van der Waals surface area contributed by atoms with Crippen molar-refractivity contribution in [3.8, 4) is 5.75 Å². The number of ether oxygens (including phenoxy) is 2. The van der Waals surface area contributed by atoms with Crippen LogP contribution in [0.15, 0.2) is 42.6 Å². The molecule has 3 rings (SSSR count). The van der Waals surface area contributed by atoms with Gasteiger partial charge in [0.1, 0.15) is 11.6 Å². The highest BCUT2D eigenvalue weighted by molar-refractivity contribution is 5.77. The molecule has 1 aliphatic rings. The number of halogens is 1. The molecule has 0 spiro atoms. The molecule has 0 N–H and O–H groups in total. The van der Waals surface area contributed by atoms with Crippen molar-refractivity contribution >= 4 is 5.91 Å². The van der Waals surface area contributed by atoms with E-state index in [1.165, 1.54) is 24.3 Å². The van der Waals surface area contributed by atoms with Gasteiger partial charge in [0.25, 0.3) is 5.91 Å². The quantitative estimate of drug-likeness (QED) is 0.867. The SMILES string of the molecule is CO[C@@H]1CN(C(=O)COc2ccc(F)cc2)Cc2cccn2C1. The van der Waals surface area contributed by atoms with E-state index in [0.717, 1.165) is 12.2 Å². The lowest BCUT2D eigenvalue weighted by atomic mass is 10.3. The number of rotatable bonds is 4. The van der Waals surface area contributed by atoms with E-state index in [4.69, 9.17) is 9.47 Å². The highest BCUT2D eigenvalue weighted by Crippen LogP contribution is 2.16. The molecule has 2 aromatic rings. The fraction of sp³-hybridized carbons (Fsp3) is 0.353. The Morgan fingerprint density at radius 3 is 2.78 bits per heavy atom. The van der Waals surface area contributed by atoms with Gasteiger partial charge in [0, 0.05) is 25.5 Å². The summed E-state index contributed by atoms with van der Waals surface area (Å²) in [5.74, 6) is 0.0205. The lowest BCUT2D eigenvalue weighted by Crippen LogP contribution is -2.39. The minimum absolute atomic E-state index is 0.0570. The van der Waals surface area contributed by atoms with E-state index in [9.17, 15) is 9.18 Å². The zero-order valence-electron chi connectivity index (χ0n) is 12.9. The second kappa shape index (κ2) is 6.83. The van der Waals surface area contributed by atoms with Crippen LogP contribution in [0.4, 0.5) is 4.39 Å². The Morgan fingerprint density at radius 2 is 2.04 bits per heavy atom. The second-order valence-electron chi connectivity index (χ2n) is 5.53. The molecule has 0 radical (unpaired) electrons. The molecule has 23 heavy (non-hydrogen) atoms. The minimum Gasteiger partial charge on any atom is -0.484 e. The van der Waals surface area contributed by atoms with Crippen LogP contribution in [-0.4, -0.2) is 41.7 Å². The first-order valence-electron chi connectivity index (χ1n) is 7.48. The molecule has 2 heterocycles. The average Bonchev–Trinajstić information content (AvgIpc) is 2.91. The third-order valence-corrected chi connectivity index (χ3v) is 3.96. The first-order valence-corrected chi connectivity index (χ1v) is 7.48. The first-order chi connectivity index (χ1) is 11.2. The number of amides is 1. The molecule has 0 saturated carbocycles. The number of hydrogen-bond donors (Lipinski definition) is 0. The van der Waals surface area contributed by atoms with Crippen molar-refractivity contribution in [1.29, 1.82) is 0 Å². The van der Waals surface area contributed by atoms with Gasteiger partial charge < -0.3 is 18.9 Å². The van der Waals surface area contributed by atoms with E-state index >= 15 is 0 Å². The third-order valence-electron chi connectivity index (χ3n) is 3.96. The normalized spacial score (nSPS) is 17.5. The monoisotopic (exact) mass is 318 g/mol. The van der Waals surface area contributed by atoms with Gasteiger partial charge in [0.05, 0.1) is 19.2 Å². The predicted octanol–water partition coefficient (Wildman–Crippen LogP) is 2.06. The summed E-state index contributed by atoms with van der Waals surface area (Å²) < 4.78 is 25.9. The first kappa shape index (κ1) is 15.6. The van der Waals surface area contributed by atoms with E-state index in [1.54, 1.807) is 12.0 Å². The lowest BCUT2D eigenvalue weighted by molar-refractivity contribution is -0.135. The number of benzene rings is 1. The van der Waals surface area contributed by atoms with Crippen LogP contribution in [0, 0.1) is 5.82 Å². The summed E-state index contributed by atoms with van der Waals surface area (Å²) >= 11 is 0. The Labute approximate surface area is 134 Å². The smallest absolute Gasteiger partial charge is 0.260 e. The van der Waals surface area contributed by atoms with Crippen LogP contribution in [0.3, 0.4) is 0 Å². The molecule has 0 aliphatic carbocycles. The maximum atomic E-state index is 12.9. The van der Waals surface area contributed by atoms with Crippen LogP contribution in [0.25, 0.3) is 0 Å². The lowest BCUT2D eigenvalue weighted by Gasteiger charge is -2.23. The summed E-state index contributed by atoms with van der Waals surface area (Å²) in [5, 5.41) is 0. The van der Waals surface area contributed by atoms with Gasteiger partial charge in [0.15, 0.2) is 6.61 Å². The number of carbonyl (C=O) groups excluding carboxylic acids is 1. The molecule has 122 valence electrons. The van der Waals surface area contributed by atoms with Crippen molar-refractivity contribution in [3.63, 3.8) is 0 Å². The number of methoxy groups -OCH3 is 1. The van der Waals surface area contributed by atoms with Gasteiger partial charge in [-0.1, -0.05) is 0 Å². The molecule has 1 aromatic carbocycles. The highest BCUT2D eigenvalue weighted by atomic mass is 19.1. The van der Waals surface area contributed by atoms with E-state index < -0.39 is 0 Å². The molecule has 1 aliphatic heterocycles. The van der Waals surface area contributed by atoms with E-state index in [1.807, 2.05) is 18.3 Å². The summed E-state index contributed by atoms with van der Waals surface area (Å²) in [6.07, 6.45) is 1.93. The van der Waals surface area contributed by atoms with Gasteiger partial charge in [-0.15, -0.1) is 0 Å². The fourth-order valence-electron chi connectivity index (χ4n) is 2.66. The maximum Gasteiger partial charge on any atom is 0.260 e. The highest BCUT2D eigenvalue weighted by Gasteiger charge is 2.24. The van der Waals surface area contributed by atoms with Crippen molar-refractivity contribution < 1.29 is 18.7 Å². The standard InChI is InChI=1S/C17H19FN2O3/c1-22-16-10-19-8-2-3-14(19)9-20(11-16)17(21)12-23-15-6-4-13(18)5-7-15/h2-8,16H,9-12H2,1H3/t16-/m0/s1. The molecular formula is C17H19FN2O3. The van der Waals surface area contributed by atoms with E-state index in [2.05, 4.69) is 4.57 Å². The average molecular weight is 318 g/mol. The predicted molar refractivity (Wildman–Crippen MR) is 82.5 cm³/mol. The number of carbonyl (C=O) groups is 1. The van der Waals surface area contributed by atoms with Gasteiger partial charge in [-0.25, -0.2) is 4.39 Å². The zero-order valence-corrected chi connectivity index (χ0v) is 12.9. The second-order valence-corrected chi connectivity index (χ2v) is 5.53. The summed E-state index contributed by atoms with van der Waals surface area (Å²) in [5.41, 5.74) is 1.07. The van der Waals surface area contributed by atoms with Gasteiger partial charge in [0.2, 0.25) is 0 Å². The van der Waals surface area contributed by atoms with Crippen LogP contribution in [-0.2, 0) is 22.6 Å². The van der Waals surface area contributed by atoms with Crippen molar-refractivity contribution in [3.05, 3.63) is 54.1 Å². The molecule has 0 saturated heterocycles. The zero-order chi connectivity index (χ0) is 16.2. The number of nitrogens with zero attached hydrogens (tertiary/aromatic N) is 2. The Balaban J connectivity index is 1.65. The van der Waals surface area contributed by atoms with Crippen LogP contribution in [0.2, 0.25) is 0 Å². The Bertz CT molecular complexity index is 669. The Morgan fingerprint density at radius 1 is 1.26 bits per heavy atom. The van der Waals surface area contributed by atoms with Crippen molar-refractivity contribution in [2.75, 3.05) is 20.3 Å². The molecule has 1 aromatic heterocycles. The largest absolute Gasteiger partial charge is 0.484 e. The fourth-order valence-corrected chi connectivity index (χ4v) is 2.66. The molecule has 1 atom stereocenters. The third kappa shape index (κ3) is 3.71. The van der Waals surface area contributed by atoms with Crippen LogP contribution in [0.5, 0.6) is 5.75 Å². The number of aromatic nitrogens is 1. The molecule has 0 bridgehead atoms. The summed E-state index contributed by atoms with van der Waals surface area (Å²) in [7, 11) is 1.65. The van der Waals surface area contributed by atoms with Crippen molar-refractivity contribution in [2.24, 2.45) is 0 Å². The van der Waals surface area contributed by atoms with E-state index in [-0.39, 0.29) is 24.4 Å². The molecule has 6 heteroatoms. The Hall–Kier alpha value is -2.34. The topological polar surface area (TPSA) is 43.7 Å². The van der Waals surface area contributed by atoms with Gasteiger partial charge >= 0.3 is 0 Å². The molecule has 0 fully saturated rings.